The number of para-hydroxylation sites is 1. The first-order valence-corrected chi connectivity index (χ1v) is 6.31. The fourth-order valence-corrected chi connectivity index (χ4v) is 2.37. The zero-order chi connectivity index (χ0) is 12.7. The summed E-state index contributed by atoms with van der Waals surface area (Å²) >= 11 is 0. The summed E-state index contributed by atoms with van der Waals surface area (Å²) in [4.78, 5) is 3.53. The molecule has 0 aliphatic heterocycles. The predicted molar refractivity (Wildman–Crippen MR) is 77.9 cm³/mol. The lowest BCUT2D eigenvalue weighted by Gasteiger charge is -2.03. The molecular weight excluding hydrogens is 218 g/mol. The Hall–Kier alpha value is -2.02. The van der Waals surface area contributed by atoms with E-state index in [0.29, 0.717) is 0 Å². The molecule has 1 nitrogen and oxygen atoms in total. The van der Waals surface area contributed by atoms with Gasteiger partial charge in [-0.2, -0.15) is 0 Å². The summed E-state index contributed by atoms with van der Waals surface area (Å²) in [5.41, 5.74) is 7.67. The number of benzene rings is 2. The smallest absolute Gasteiger partial charge is 0.0488 e. The second kappa shape index (κ2) is 4.02. The Morgan fingerprint density at radius 2 is 1.61 bits per heavy atom. The van der Waals surface area contributed by atoms with E-state index >= 15 is 0 Å². The van der Waals surface area contributed by atoms with Gasteiger partial charge in [0.1, 0.15) is 0 Å². The van der Waals surface area contributed by atoms with E-state index in [1.54, 1.807) is 0 Å². The Morgan fingerprint density at radius 1 is 0.778 bits per heavy atom. The van der Waals surface area contributed by atoms with Crippen molar-refractivity contribution in [3.05, 3.63) is 59.2 Å². The van der Waals surface area contributed by atoms with Crippen LogP contribution in [0, 0.1) is 20.8 Å². The van der Waals surface area contributed by atoms with E-state index < -0.39 is 0 Å². The summed E-state index contributed by atoms with van der Waals surface area (Å²) in [6, 6.07) is 15.2. The topological polar surface area (TPSA) is 15.8 Å². The van der Waals surface area contributed by atoms with Gasteiger partial charge < -0.3 is 4.98 Å². The Labute approximate surface area is 107 Å². The minimum absolute atomic E-state index is 1.20. The van der Waals surface area contributed by atoms with Gasteiger partial charge in [0.05, 0.1) is 0 Å². The highest BCUT2D eigenvalue weighted by molar-refractivity contribution is 5.88. The first-order chi connectivity index (χ1) is 8.65. The van der Waals surface area contributed by atoms with Crippen molar-refractivity contribution in [1.29, 1.82) is 0 Å². The van der Waals surface area contributed by atoms with Crippen LogP contribution in [-0.2, 0) is 0 Å². The van der Waals surface area contributed by atoms with E-state index in [1.807, 2.05) is 0 Å². The van der Waals surface area contributed by atoms with E-state index in [4.69, 9.17) is 0 Å². The molecule has 1 heteroatoms. The van der Waals surface area contributed by atoms with Crippen LogP contribution in [0.4, 0.5) is 0 Å². The van der Waals surface area contributed by atoms with E-state index in [-0.39, 0.29) is 0 Å². The molecule has 3 aromatic rings. The van der Waals surface area contributed by atoms with Gasteiger partial charge in [0, 0.05) is 16.6 Å². The third-order valence-corrected chi connectivity index (χ3v) is 3.68. The average Bonchev–Trinajstić information content (AvgIpc) is 2.78. The van der Waals surface area contributed by atoms with Crippen molar-refractivity contribution in [2.24, 2.45) is 0 Å². The monoisotopic (exact) mass is 235 g/mol. The van der Waals surface area contributed by atoms with Crippen LogP contribution in [0.15, 0.2) is 42.5 Å². The van der Waals surface area contributed by atoms with Crippen molar-refractivity contribution >= 4 is 10.9 Å². The second-order valence-electron chi connectivity index (χ2n) is 5.02. The van der Waals surface area contributed by atoms with Crippen molar-refractivity contribution in [3.63, 3.8) is 0 Å². The highest BCUT2D eigenvalue weighted by atomic mass is 14.7. The van der Waals surface area contributed by atoms with E-state index in [0.717, 1.165) is 0 Å². The molecule has 0 aliphatic rings. The fourth-order valence-electron chi connectivity index (χ4n) is 2.37. The van der Waals surface area contributed by atoms with Gasteiger partial charge >= 0.3 is 0 Å². The largest absolute Gasteiger partial charge is 0.354 e. The summed E-state index contributed by atoms with van der Waals surface area (Å²) in [6.07, 6.45) is 0. The van der Waals surface area contributed by atoms with Crippen molar-refractivity contribution in [1.82, 2.24) is 4.98 Å². The lowest BCUT2D eigenvalue weighted by atomic mass is 10.0. The van der Waals surface area contributed by atoms with Crippen LogP contribution in [-0.4, -0.2) is 4.98 Å². The molecule has 0 saturated heterocycles. The van der Waals surface area contributed by atoms with Crippen LogP contribution < -0.4 is 0 Å². The molecule has 2 aromatic carbocycles. The van der Waals surface area contributed by atoms with Gasteiger partial charge in [-0.25, -0.2) is 0 Å². The van der Waals surface area contributed by atoms with Gasteiger partial charge in [0.15, 0.2) is 0 Å². The van der Waals surface area contributed by atoms with Gasteiger partial charge in [-0.15, -0.1) is 0 Å². The molecule has 0 fully saturated rings. The van der Waals surface area contributed by atoms with Gasteiger partial charge in [-0.3, -0.25) is 0 Å². The molecule has 18 heavy (non-hydrogen) atoms. The molecule has 0 aliphatic carbocycles. The minimum atomic E-state index is 1.20. The third-order valence-electron chi connectivity index (χ3n) is 3.68. The number of hydrogen-bond acceptors (Lipinski definition) is 0. The molecule has 0 amide bonds. The van der Waals surface area contributed by atoms with Gasteiger partial charge in [0.2, 0.25) is 0 Å². The second-order valence-corrected chi connectivity index (χ2v) is 5.02. The molecule has 1 heterocycles. The van der Waals surface area contributed by atoms with Crippen LogP contribution in [0.5, 0.6) is 0 Å². The number of H-pyrrole nitrogens is 1. The number of fused-ring (bicyclic) bond motifs is 1. The van der Waals surface area contributed by atoms with Crippen LogP contribution in [0.1, 0.15) is 16.7 Å². The van der Waals surface area contributed by atoms with Crippen molar-refractivity contribution < 1.29 is 0 Å². The van der Waals surface area contributed by atoms with Crippen molar-refractivity contribution in [3.8, 4) is 11.3 Å². The summed E-state index contributed by atoms with van der Waals surface area (Å²) in [5.74, 6) is 0. The molecule has 1 N–H and O–H groups in total. The van der Waals surface area contributed by atoms with Gasteiger partial charge in [-0.05, 0) is 55.2 Å². The maximum absolute atomic E-state index is 3.53. The van der Waals surface area contributed by atoms with E-state index in [1.165, 1.54) is 38.9 Å². The Balaban J connectivity index is 2.19. The van der Waals surface area contributed by atoms with Crippen molar-refractivity contribution in [2.75, 3.05) is 0 Å². The SMILES string of the molecule is Cc1ccc(-c2cc3cccc(C)c3[nH]2)cc1C. The number of aromatic amines is 1. The number of rotatable bonds is 1. The standard InChI is InChI=1S/C17H17N/c1-11-7-8-14(9-13(11)3)16-10-15-6-4-5-12(2)17(15)18-16/h4-10,18H,1-3H3. The lowest BCUT2D eigenvalue weighted by molar-refractivity contribution is 1.33. The molecular formula is C17H17N. The first kappa shape index (κ1) is 11.1. The highest BCUT2D eigenvalue weighted by Gasteiger charge is 2.05. The van der Waals surface area contributed by atoms with Crippen LogP contribution >= 0.6 is 0 Å². The summed E-state index contributed by atoms with van der Waals surface area (Å²) in [6.45, 7) is 6.45. The van der Waals surface area contributed by atoms with Gasteiger partial charge in [0.25, 0.3) is 0 Å². The fraction of sp³-hybridized carbons (Fsp3) is 0.176. The summed E-state index contributed by atoms with van der Waals surface area (Å²) < 4.78 is 0. The van der Waals surface area contributed by atoms with E-state index in [2.05, 4.69) is 68.2 Å². The zero-order valence-corrected chi connectivity index (χ0v) is 11.0. The Morgan fingerprint density at radius 3 is 2.33 bits per heavy atom. The zero-order valence-electron chi connectivity index (χ0n) is 11.0. The average molecular weight is 235 g/mol. The Kier molecular flexibility index (Phi) is 2.48. The number of hydrogen-bond donors (Lipinski definition) is 1. The predicted octanol–water partition coefficient (Wildman–Crippen LogP) is 4.76. The molecule has 0 unspecified atom stereocenters. The van der Waals surface area contributed by atoms with Crippen LogP contribution in [0.25, 0.3) is 22.2 Å². The minimum Gasteiger partial charge on any atom is -0.354 e. The first-order valence-electron chi connectivity index (χ1n) is 6.31. The third kappa shape index (κ3) is 1.72. The van der Waals surface area contributed by atoms with Crippen LogP contribution in [0.2, 0.25) is 0 Å². The highest BCUT2D eigenvalue weighted by Crippen LogP contribution is 2.27. The normalized spacial score (nSPS) is 11.1. The number of aromatic nitrogens is 1. The molecule has 0 radical (unpaired) electrons. The van der Waals surface area contributed by atoms with Crippen LogP contribution in [0.3, 0.4) is 0 Å². The number of aryl methyl sites for hydroxylation is 3. The molecule has 3 rings (SSSR count). The maximum atomic E-state index is 3.53. The summed E-state index contributed by atoms with van der Waals surface area (Å²) in [5, 5.41) is 1.28. The van der Waals surface area contributed by atoms with Gasteiger partial charge in [-0.1, -0.05) is 30.3 Å². The molecule has 0 spiro atoms. The molecule has 0 saturated carbocycles. The molecule has 0 bridgehead atoms. The molecule has 0 atom stereocenters. The quantitative estimate of drug-likeness (QED) is 0.626. The van der Waals surface area contributed by atoms with E-state index in [9.17, 15) is 0 Å². The summed E-state index contributed by atoms with van der Waals surface area (Å²) in [7, 11) is 0. The van der Waals surface area contributed by atoms with Crippen molar-refractivity contribution in [2.45, 2.75) is 20.8 Å². The number of nitrogens with one attached hydrogen (secondary N) is 1. The lowest BCUT2D eigenvalue weighted by Crippen LogP contribution is -1.83. The Bertz CT molecular complexity index is 720. The molecule has 90 valence electrons. The maximum Gasteiger partial charge on any atom is 0.0488 e. The molecule has 1 aromatic heterocycles.